The molecular formula is C13H18ClN3O2. The highest BCUT2D eigenvalue weighted by Gasteiger charge is 2.18. The monoisotopic (exact) mass is 283 g/mol. The Hall–Kier alpha value is -1.30. The lowest BCUT2D eigenvalue weighted by atomic mass is 10.2. The van der Waals surface area contributed by atoms with Crippen LogP contribution in [0.3, 0.4) is 0 Å². The van der Waals surface area contributed by atoms with Gasteiger partial charge in [-0.05, 0) is 25.1 Å². The van der Waals surface area contributed by atoms with Crippen LogP contribution in [0.5, 0.6) is 0 Å². The molecule has 1 aliphatic rings. The van der Waals surface area contributed by atoms with E-state index in [0.717, 1.165) is 13.1 Å². The maximum Gasteiger partial charge on any atom is 0.238 e. The van der Waals surface area contributed by atoms with Crippen LogP contribution in [0.1, 0.15) is 6.92 Å². The number of anilines is 2. The summed E-state index contributed by atoms with van der Waals surface area (Å²) in [4.78, 5) is 14.0. The molecule has 6 heteroatoms. The fourth-order valence-electron chi connectivity index (χ4n) is 2.06. The molecule has 1 fully saturated rings. The van der Waals surface area contributed by atoms with Crippen molar-refractivity contribution in [2.24, 2.45) is 0 Å². The Morgan fingerprint density at radius 1 is 1.63 bits per heavy atom. The average Bonchev–Trinajstić information content (AvgIpc) is 2.34. The van der Waals surface area contributed by atoms with Gasteiger partial charge in [0.15, 0.2) is 0 Å². The first-order chi connectivity index (χ1) is 9.04. The van der Waals surface area contributed by atoms with Crippen molar-refractivity contribution in [3.8, 4) is 0 Å². The minimum Gasteiger partial charge on any atom is -0.397 e. The van der Waals surface area contributed by atoms with Crippen molar-refractivity contribution in [3.63, 3.8) is 0 Å². The molecular weight excluding hydrogens is 266 g/mol. The van der Waals surface area contributed by atoms with E-state index in [1.807, 2.05) is 6.92 Å². The number of halogens is 1. The molecule has 1 saturated heterocycles. The highest BCUT2D eigenvalue weighted by molar-refractivity contribution is 6.33. The number of morpholine rings is 1. The number of benzene rings is 1. The van der Waals surface area contributed by atoms with Gasteiger partial charge in [0.05, 0.1) is 30.0 Å². The van der Waals surface area contributed by atoms with Crippen molar-refractivity contribution in [3.05, 3.63) is 23.2 Å². The smallest absolute Gasteiger partial charge is 0.238 e. The summed E-state index contributed by atoms with van der Waals surface area (Å²) in [5.74, 6) is -0.0594. The van der Waals surface area contributed by atoms with Gasteiger partial charge in [0.2, 0.25) is 5.91 Å². The number of amides is 1. The zero-order valence-corrected chi connectivity index (χ0v) is 11.6. The van der Waals surface area contributed by atoms with Crippen LogP contribution in [0, 0.1) is 0 Å². The van der Waals surface area contributed by atoms with Crippen molar-refractivity contribution in [1.82, 2.24) is 4.90 Å². The zero-order chi connectivity index (χ0) is 13.8. The predicted molar refractivity (Wildman–Crippen MR) is 76.3 cm³/mol. The lowest BCUT2D eigenvalue weighted by Crippen LogP contribution is -2.44. The fourth-order valence-corrected chi connectivity index (χ4v) is 2.18. The molecule has 2 rings (SSSR count). The molecule has 5 nitrogen and oxygen atoms in total. The maximum absolute atomic E-state index is 11.9. The molecule has 1 amide bonds. The number of nitrogens with one attached hydrogen (secondary N) is 1. The van der Waals surface area contributed by atoms with Gasteiger partial charge in [-0.1, -0.05) is 11.6 Å². The van der Waals surface area contributed by atoms with E-state index in [2.05, 4.69) is 10.2 Å². The second-order valence-electron chi connectivity index (χ2n) is 4.70. The summed E-state index contributed by atoms with van der Waals surface area (Å²) in [5, 5.41) is 3.30. The number of carbonyl (C=O) groups is 1. The van der Waals surface area contributed by atoms with Crippen molar-refractivity contribution >= 4 is 28.9 Å². The van der Waals surface area contributed by atoms with Gasteiger partial charge in [-0.15, -0.1) is 0 Å². The third-order valence-corrected chi connectivity index (χ3v) is 3.32. The SMILES string of the molecule is CC1CN(CC(=O)Nc2ccc(Cl)c(N)c2)CCO1. The van der Waals surface area contributed by atoms with E-state index in [9.17, 15) is 4.79 Å². The van der Waals surface area contributed by atoms with Crippen molar-refractivity contribution in [1.29, 1.82) is 0 Å². The van der Waals surface area contributed by atoms with Crippen LogP contribution >= 0.6 is 11.6 Å². The summed E-state index contributed by atoms with van der Waals surface area (Å²) in [6, 6.07) is 5.06. The number of rotatable bonds is 3. The van der Waals surface area contributed by atoms with Gasteiger partial charge >= 0.3 is 0 Å². The lowest BCUT2D eigenvalue weighted by molar-refractivity contribution is -0.119. The molecule has 1 aliphatic heterocycles. The molecule has 0 aliphatic carbocycles. The van der Waals surface area contributed by atoms with E-state index in [-0.39, 0.29) is 12.0 Å². The van der Waals surface area contributed by atoms with Gasteiger partial charge in [0.25, 0.3) is 0 Å². The molecule has 1 heterocycles. The number of carbonyl (C=O) groups excluding carboxylic acids is 1. The molecule has 3 N–H and O–H groups in total. The Morgan fingerprint density at radius 3 is 3.11 bits per heavy atom. The third-order valence-electron chi connectivity index (χ3n) is 2.97. The van der Waals surface area contributed by atoms with Crippen LogP contribution < -0.4 is 11.1 Å². The van der Waals surface area contributed by atoms with E-state index in [0.29, 0.717) is 29.5 Å². The summed E-state index contributed by atoms with van der Waals surface area (Å²) in [7, 11) is 0. The topological polar surface area (TPSA) is 67.6 Å². The third kappa shape index (κ3) is 4.09. The number of nitrogens with zero attached hydrogens (tertiary/aromatic N) is 1. The molecule has 1 aromatic rings. The first-order valence-corrected chi connectivity index (χ1v) is 6.61. The van der Waals surface area contributed by atoms with Crippen LogP contribution in [0.15, 0.2) is 18.2 Å². The normalized spacial score (nSPS) is 20.2. The molecule has 0 radical (unpaired) electrons. The first kappa shape index (κ1) is 14.1. The summed E-state index contributed by atoms with van der Waals surface area (Å²) >= 11 is 5.83. The maximum atomic E-state index is 11.9. The van der Waals surface area contributed by atoms with Gasteiger partial charge in [-0.25, -0.2) is 0 Å². The van der Waals surface area contributed by atoms with Crippen LogP contribution in [-0.4, -0.2) is 43.2 Å². The summed E-state index contributed by atoms with van der Waals surface area (Å²) < 4.78 is 5.43. The molecule has 104 valence electrons. The number of nitrogens with two attached hydrogens (primary N) is 1. The van der Waals surface area contributed by atoms with E-state index < -0.39 is 0 Å². The van der Waals surface area contributed by atoms with E-state index >= 15 is 0 Å². The Balaban J connectivity index is 1.88. The predicted octanol–water partition coefficient (Wildman–Crippen LogP) is 1.58. The summed E-state index contributed by atoms with van der Waals surface area (Å²) in [5.41, 5.74) is 6.81. The van der Waals surface area contributed by atoms with Gasteiger partial charge in [-0.3, -0.25) is 9.69 Å². The Labute approximate surface area is 117 Å². The Morgan fingerprint density at radius 2 is 2.42 bits per heavy atom. The number of hydrogen-bond donors (Lipinski definition) is 2. The molecule has 0 bridgehead atoms. The number of hydrogen-bond acceptors (Lipinski definition) is 4. The van der Waals surface area contributed by atoms with E-state index in [1.54, 1.807) is 18.2 Å². The van der Waals surface area contributed by atoms with E-state index in [4.69, 9.17) is 22.1 Å². The van der Waals surface area contributed by atoms with Gasteiger partial charge < -0.3 is 15.8 Å². The Kier molecular flexibility index (Phi) is 4.63. The van der Waals surface area contributed by atoms with Gasteiger partial charge in [-0.2, -0.15) is 0 Å². The summed E-state index contributed by atoms with van der Waals surface area (Å²) in [6.45, 7) is 4.58. The highest BCUT2D eigenvalue weighted by atomic mass is 35.5. The minimum absolute atomic E-state index is 0.0594. The molecule has 19 heavy (non-hydrogen) atoms. The highest BCUT2D eigenvalue weighted by Crippen LogP contribution is 2.22. The Bertz CT molecular complexity index is 467. The largest absolute Gasteiger partial charge is 0.397 e. The van der Waals surface area contributed by atoms with Gasteiger partial charge in [0, 0.05) is 18.8 Å². The quantitative estimate of drug-likeness (QED) is 0.827. The van der Waals surface area contributed by atoms with Gasteiger partial charge in [0.1, 0.15) is 0 Å². The van der Waals surface area contributed by atoms with Crippen molar-refractivity contribution < 1.29 is 9.53 Å². The minimum atomic E-state index is -0.0594. The molecule has 1 unspecified atom stereocenters. The van der Waals surface area contributed by atoms with Crippen LogP contribution in [0.25, 0.3) is 0 Å². The van der Waals surface area contributed by atoms with Crippen LogP contribution in [0.4, 0.5) is 11.4 Å². The first-order valence-electron chi connectivity index (χ1n) is 6.23. The second kappa shape index (κ2) is 6.23. The number of ether oxygens (including phenoxy) is 1. The molecule has 0 aromatic heterocycles. The van der Waals surface area contributed by atoms with Crippen molar-refractivity contribution in [2.75, 3.05) is 37.3 Å². The molecule has 0 saturated carbocycles. The standard InChI is InChI=1S/C13H18ClN3O2/c1-9-7-17(4-5-19-9)8-13(18)16-10-2-3-11(14)12(15)6-10/h2-3,6,9H,4-5,7-8,15H2,1H3,(H,16,18). The zero-order valence-electron chi connectivity index (χ0n) is 10.9. The average molecular weight is 284 g/mol. The van der Waals surface area contributed by atoms with Crippen LogP contribution in [0.2, 0.25) is 5.02 Å². The second-order valence-corrected chi connectivity index (χ2v) is 5.11. The van der Waals surface area contributed by atoms with E-state index in [1.165, 1.54) is 0 Å². The van der Waals surface area contributed by atoms with Crippen molar-refractivity contribution in [2.45, 2.75) is 13.0 Å². The molecule has 1 aromatic carbocycles. The molecule has 1 atom stereocenters. The fraction of sp³-hybridized carbons (Fsp3) is 0.462. The molecule has 0 spiro atoms. The van der Waals surface area contributed by atoms with Crippen LogP contribution in [-0.2, 0) is 9.53 Å². The number of nitrogen functional groups attached to an aromatic ring is 1. The lowest BCUT2D eigenvalue weighted by Gasteiger charge is -2.30. The summed E-state index contributed by atoms with van der Waals surface area (Å²) in [6.07, 6.45) is 0.174.